The summed E-state index contributed by atoms with van der Waals surface area (Å²) in [7, 11) is 0. The second-order valence-electron chi connectivity index (χ2n) is 5.77. The molecular weight excluding hydrogens is 357 g/mol. The standard InChI is InChI=1S/C20H19F3N2O2/c1-14-8-9-17(12-15(14)2)25-19(26)24-10-3-4-11-27-18-7-5-6-16(13-18)20(21,22)23/h5-9,12-13H,10-11H2,1-2H3,(H2,24,25,26). The number of ether oxygens (including phenoxy) is 1. The van der Waals surface area contributed by atoms with Crippen LogP contribution in [0, 0.1) is 25.7 Å². The van der Waals surface area contributed by atoms with Gasteiger partial charge in [0.1, 0.15) is 12.4 Å². The molecule has 7 heteroatoms. The number of halogens is 3. The van der Waals surface area contributed by atoms with Crippen molar-refractivity contribution < 1.29 is 22.7 Å². The summed E-state index contributed by atoms with van der Waals surface area (Å²) < 4.78 is 43.0. The van der Waals surface area contributed by atoms with Gasteiger partial charge in [0, 0.05) is 5.69 Å². The molecule has 2 amide bonds. The number of rotatable bonds is 4. The van der Waals surface area contributed by atoms with E-state index in [0.717, 1.165) is 23.3 Å². The zero-order valence-electron chi connectivity index (χ0n) is 14.9. The molecule has 2 rings (SSSR count). The number of anilines is 1. The Labute approximate surface area is 155 Å². The van der Waals surface area contributed by atoms with E-state index in [1.807, 2.05) is 26.0 Å². The molecule has 0 heterocycles. The SMILES string of the molecule is Cc1ccc(NC(=O)NCC#CCOc2cccc(C(F)(F)F)c2)cc1C. The first-order chi connectivity index (χ1) is 12.8. The van der Waals surface area contributed by atoms with Gasteiger partial charge in [0.25, 0.3) is 0 Å². The van der Waals surface area contributed by atoms with Gasteiger partial charge in [-0.1, -0.05) is 24.0 Å². The van der Waals surface area contributed by atoms with E-state index in [1.165, 1.54) is 12.1 Å². The molecule has 4 nitrogen and oxygen atoms in total. The van der Waals surface area contributed by atoms with Crippen molar-refractivity contribution in [2.24, 2.45) is 0 Å². The molecule has 0 radical (unpaired) electrons. The first kappa shape index (κ1) is 20.2. The zero-order chi connectivity index (χ0) is 19.9. The van der Waals surface area contributed by atoms with Gasteiger partial charge in [-0.25, -0.2) is 4.79 Å². The molecule has 142 valence electrons. The Hall–Kier alpha value is -3.14. The van der Waals surface area contributed by atoms with Crippen molar-refractivity contribution >= 4 is 11.7 Å². The number of aryl methyl sites for hydroxylation is 2. The van der Waals surface area contributed by atoms with Crippen LogP contribution in [0.15, 0.2) is 42.5 Å². The molecular formula is C20H19F3N2O2. The molecule has 0 aromatic heterocycles. The predicted molar refractivity (Wildman–Crippen MR) is 97.7 cm³/mol. The highest BCUT2D eigenvalue weighted by atomic mass is 19.4. The summed E-state index contributed by atoms with van der Waals surface area (Å²) in [4.78, 5) is 11.8. The van der Waals surface area contributed by atoms with Crippen LogP contribution < -0.4 is 15.4 Å². The van der Waals surface area contributed by atoms with E-state index in [0.29, 0.717) is 5.69 Å². The van der Waals surface area contributed by atoms with E-state index in [-0.39, 0.29) is 18.9 Å². The second kappa shape index (κ2) is 8.99. The zero-order valence-corrected chi connectivity index (χ0v) is 14.9. The van der Waals surface area contributed by atoms with Crippen LogP contribution in [0.5, 0.6) is 5.75 Å². The van der Waals surface area contributed by atoms with Gasteiger partial charge in [0.15, 0.2) is 0 Å². The lowest BCUT2D eigenvalue weighted by Gasteiger charge is -2.08. The van der Waals surface area contributed by atoms with Crippen LogP contribution in [0.4, 0.5) is 23.7 Å². The second-order valence-corrected chi connectivity index (χ2v) is 5.77. The van der Waals surface area contributed by atoms with Crippen LogP contribution >= 0.6 is 0 Å². The number of amides is 2. The van der Waals surface area contributed by atoms with E-state index in [4.69, 9.17) is 4.74 Å². The fourth-order valence-corrected chi connectivity index (χ4v) is 2.11. The Kier molecular flexibility index (Phi) is 6.72. The van der Waals surface area contributed by atoms with E-state index in [9.17, 15) is 18.0 Å². The lowest BCUT2D eigenvalue weighted by Crippen LogP contribution is -2.29. The first-order valence-corrected chi connectivity index (χ1v) is 8.13. The third-order valence-corrected chi connectivity index (χ3v) is 3.70. The largest absolute Gasteiger partial charge is 0.481 e. The summed E-state index contributed by atoms with van der Waals surface area (Å²) in [6, 6.07) is 9.76. The fraction of sp³-hybridized carbons (Fsp3) is 0.250. The number of urea groups is 1. The lowest BCUT2D eigenvalue weighted by atomic mass is 10.1. The molecule has 27 heavy (non-hydrogen) atoms. The molecule has 0 aliphatic heterocycles. The van der Waals surface area contributed by atoms with Crippen LogP contribution in [0.1, 0.15) is 16.7 Å². The molecule has 0 atom stereocenters. The number of benzene rings is 2. The average molecular weight is 376 g/mol. The quantitative estimate of drug-likeness (QED) is 0.771. The van der Waals surface area contributed by atoms with Crippen LogP contribution in [-0.4, -0.2) is 19.2 Å². The highest BCUT2D eigenvalue weighted by Gasteiger charge is 2.30. The van der Waals surface area contributed by atoms with Crippen molar-refractivity contribution in [3.8, 4) is 17.6 Å². The number of nitrogens with one attached hydrogen (secondary N) is 2. The van der Waals surface area contributed by atoms with Crippen molar-refractivity contribution in [3.63, 3.8) is 0 Å². The Balaban J connectivity index is 1.74. The average Bonchev–Trinajstić information content (AvgIpc) is 2.61. The number of hydrogen-bond acceptors (Lipinski definition) is 2. The van der Waals surface area contributed by atoms with Gasteiger partial charge in [-0.3, -0.25) is 0 Å². The summed E-state index contributed by atoms with van der Waals surface area (Å²) in [6.07, 6.45) is -4.42. The maximum Gasteiger partial charge on any atom is 0.416 e. The van der Waals surface area contributed by atoms with Crippen molar-refractivity contribution in [2.45, 2.75) is 20.0 Å². The summed E-state index contributed by atoms with van der Waals surface area (Å²) in [6.45, 7) is 3.94. The molecule has 2 N–H and O–H groups in total. The van der Waals surface area contributed by atoms with Crippen molar-refractivity contribution in [2.75, 3.05) is 18.5 Å². The fourth-order valence-electron chi connectivity index (χ4n) is 2.11. The number of hydrogen-bond donors (Lipinski definition) is 2. The minimum absolute atomic E-state index is 0.0816. The highest BCUT2D eigenvalue weighted by Crippen LogP contribution is 2.31. The third-order valence-electron chi connectivity index (χ3n) is 3.70. The summed E-state index contributed by atoms with van der Waals surface area (Å²) in [5.41, 5.74) is 2.10. The monoisotopic (exact) mass is 376 g/mol. The molecule has 0 aliphatic carbocycles. The number of carbonyl (C=O) groups is 1. The number of alkyl halides is 3. The van der Waals surface area contributed by atoms with Gasteiger partial charge in [-0.15, -0.1) is 0 Å². The van der Waals surface area contributed by atoms with Crippen LogP contribution in [0.3, 0.4) is 0 Å². The molecule has 0 saturated heterocycles. The first-order valence-electron chi connectivity index (χ1n) is 8.13. The Morgan fingerprint density at radius 1 is 1.07 bits per heavy atom. The van der Waals surface area contributed by atoms with Gasteiger partial charge in [0.2, 0.25) is 0 Å². The van der Waals surface area contributed by atoms with Crippen LogP contribution in [-0.2, 0) is 6.18 Å². The topological polar surface area (TPSA) is 50.4 Å². The Bertz CT molecular complexity index is 868. The molecule has 2 aromatic rings. The molecule has 0 saturated carbocycles. The van der Waals surface area contributed by atoms with E-state index >= 15 is 0 Å². The summed E-state index contributed by atoms with van der Waals surface area (Å²) in [5, 5.41) is 5.26. The Morgan fingerprint density at radius 2 is 1.85 bits per heavy atom. The molecule has 0 fully saturated rings. The van der Waals surface area contributed by atoms with Gasteiger partial charge in [0.05, 0.1) is 12.1 Å². The van der Waals surface area contributed by atoms with Crippen molar-refractivity contribution in [1.29, 1.82) is 0 Å². The molecule has 0 unspecified atom stereocenters. The molecule has 0 spiro atoms. The third kappa shape index (κ3) is 6.59. The van der Waals surface area contributed by atoms with Crippen molar-refractivity contribution in [3.05, 3.63) is 59.2 Å². The molecule has 0 bridgehead atoms. The predicted octanol–water partition coefficient (Wildman–Crippen LogP) is 4.53. The van der Waals surface area contributed by atoms with Gasteiger partial charge < -0.3 is 15.4 Å². The van der Waals surface area contributed by atoms with Crippen LogP contribution in [0.25, 0.3) is 0 Å². The van der Waals surface area contributed by atoms with Gasteiger partial charge in [-0.2, -0.15) is 13.2 Å². The smallest absolute Gasteiger partial charge is 0.416 e. The number of carbonyl (C=O) groups excluding carboxylic acids is 1. The summed E-state index contributed by atoms with van der Waals surface area (Å²) >= 11 is 0. The Morgan fingerprint density at radius 3 is 2.56 bits per heavy atom. The molecule has 0 aliphatic rings. The highest BCUT2D eigenvalue weighted by molar-refractivity contribution is 5.89. The minimum atomic E-state index is -4.42. The van der Waals surface area contributed by atoms with E-state index in [2.05, 4.69) is 22.5 Å². The summed E-state index contributed by atoms with van der Waals surface area (Å²) in [5.74, 6) is 5.38. The van der Waals surface area contributed by atoms with Gasteiger partial charge >= 0.3 is 12.2 Å². The molecule has 2 aromatic carbocycles. The maximum absolute atomic E-state index is 12.6. The lowest BCUT2D eigenvalue weighted by molar-refractivity contribution is -0.137. The van der Waals surface area contributed by atoms with Crippen LogP contribution in [0.2, 0.25) is 0 Å². The van der Waals surface area contributed by atoms with E-state index in [1.54, 1.807) is 6.07 Å². The van der Waals surface area contributed by atoms with E-state index < -0.39 is 17.8 Å². The van der Waals surface area contributed by atoms with Crippen molar-refractivity contribution in [1.82, 2.24) is 5.32 Å². The minimum Gasteiger partial charge on any atom is -0.481 e. The van der Waals surface area contributed by atoms with Gasteiger partial charge in [-0.05, 0) is 55.3 Å². The maximum atomic E-state index is 12.6. The normalized spacial score (nSPS) is 10.6.